The van der Waals surface area contributed by atoms with Gasteiger partial charge in [0.15, 0.2) is 0 Å². The lowest BCUT2D eigenvalue weighted by molar-refractivity contribution is -0.137. The van der Waals surface area contributed by atoms with Crippen LogP contribution in [0.4, 0.5) is 0 Å². The Hall–Kier alpha value is 0.220. The minimum absolute atomic E-state index is 0.265. The minimum Gasteiger partial charge on any atom is -0.480 e. The first-order valence-electron chi connectivity index (χ1n) is 3.58. The number of hydrogen-bond acceptors (Lipinski definition) is 4. The maximum Gasteiger partial charge on any atom is 0.321 e. The summed E-state index contributed by atoms with van der Waals surface area (Å²) in [6.07, 6.45) is 0.897. The quantitative estimate of drug-likeness (QED) is 0.686. The molecule has 0 heterocycles. The molecule has 0 spiro atoms. The van der Waals surface area contributed by atoms with Crippen molar-refractivity contribution in [1.82, 2.24) is 0 Å². The summed E-state index contributed by atoms with van der Waals surface area (Å²) in [6.45, 7) is 1.98. The molecule has 0 aliphatic heterocycles. The van der Waals surface area contributed by atoms with Gasteiger partial charge >= 0.3 is 5.97 Å². The van der Waals surface area contributed by atoms with Gasteiger partial charge in [-0.1, -0.05) is 14.1 Å². The summed E-state index contributed by atoms with van der Waals surface area (Å²) in [5.74, 6) is -0.0165. The lowest BCUT2D eigenvalue weighted by Gasteiger charge is -2.11. The van der Waals surface area contributed by atoms with E-state index in [4.69, 9.17) is 33.2 Å². The van der Waals surface area contributed by atoms with Crippen molar-refractivity contribution in [2.24, 2.45) is 5.73 Å². The van der Waals surface area contributed by atoms with E-state index in [1.165, 1.54) is 0 Å². The highest BCUT2D eigenvalue weighted by Crippen LogP contribution is 1.98. The molecule has 6 heteroatoms. The molecule has 3 nitrogen and oxygen atoms in total. The van der Waals surface area contributed by atoms with Gasteiger partial charge in [-0.05, 0) is 28.8 Å². The second kappa shape index (κ2) is 5.06. The van der Waals surface area contributed by atoms with Crippen LogP contribution in [0.1, 0.15) is 13.3 Å². The number of carbonyl (C=O) groups is 1. The molecule has 0 radical (unpaired) electrons. The van der Waals surface area contributed by atoms with Crippen LogP contribution < -0.4 is 5.73 Å². The number of hydrogen-bond donors (Lipinski definition) is 2. The van der Waals surface area contributed by atoms with Crippen molar-refractivity contribution in [3.63, 3.8) is 0 Å². The summed E-state index contributed by atoms with van der Waals surface area (Å²) in [5, 5.41) is 8.51. The van der Waals surface area contributed by atoms with Crippen LogP contribution in [0.25, 0.3) is 0 Å². The Balaban J connectivity index is 4.16. The third-order valence-electron chi connectivity index (χ3n) is 1.27. The Kier molecular flexibility index (Phi) is 5.15. The largest absolute Gasteiger partial charge is 0.480 e. The maximum absolute atomic E-state index is 10.4. The van der Waals surface area contributed by atoms with Crippen molar-refractivity contribution in [3.8, 4) is 0 Å². The van der Waals surface area contributed by atoms with Crippen LogP contribution >= 0.6 is 0 Å². The van der Waals surface area contributed by atoms with E-state index in [1.807, 2.05) is 6.92 Å². The molecule has 0 saturated carbocycles. The van der Waals surface area contributed by atoms with Gasteiger partial charge in [-0.2, -0.15) is 0 Å². The Bertz CT molecular complexity index is 248. The van der Waals surface area contributed by atoms with E-state index in [0.717, 1.165) is 12.2 Å². The number of rotatable bonds is 5. The summed E-state index contributed by atoms with van der Waals surface area (Å²) in [4.78, 5) is 10.4. The summed E-state index contributed by atoms with van der Waals surface area (Å²) < 4.78 is 0. The molecule has 0 amide bonds. The molecule has 0 bridgehead atoms. The first kappa shape index (κ1) is 12.2. The normalized spacial score (nSPS) is 14.2. The molecule has 0 rings (SSSR count). The van der Waals surface area contributed by atoms with Crippen LogP contribution in [-0.4, -0.2) is 28.6 Å². The predicted octanol–water partition coefficient (Wildman–Crippen LogP) is -0.114. The smallest absolute Gasteiger partial charge is 0.321 e. The number of nitrogens with two attached hydrogens (primary N) is 1. The summed E-state index contributed by atoms with van der Waals surface area (Å²) in [7, 11) is -1.62. The monoisotopic (exact) mass is 227 g/mol. The van der Waals surface area contributed by atoms with E-state index in [9.17, 15) is 4.79 Å². The van der Waals surface area contributed by atoms with E-state index in [0.29, 0.717) is 0 Å². The predicted molar refractivity (Wildman–Crippen MR) is 57.7 cm³/mol. The summed E-state index contributed by atoms with van der Waals surface area (Å²) in [5.41, 5.74) is 5.32. The van der Waals surface area contributed by atoms with Crippen LogP contribution in [0.3, 0.4) is 0 Å². The molecule has 1 atom stereocenters. The second-order valence-corrected chi connectivity index (χ2v) is 9.25. The van der Waals surface area contributed by atoms with Crippen LogP contribution in [0.5, 0.6) is 0 Å². The molecule has 0 aliphatic rings. The zero-order valence-corrected chi connectivity index (χ0v) is 9.31. The van der Waals surface area contributed by atoms with Gasteiger partial charge in [0, 0.05) is 11.5 Å². The van der Waals surface area contributed by atoms with Gasteiger partial charge in [-0.25, -0.2) is 0 Å². The molecule has 0 fully saturated rings. The minimum atomic E-state index is -1.62. The van der Waals surface area contributed by atoms with Crippen LogP contribution in [0.15, 0.2) is 0 Å². The SMILES string of the molecule is CCCS(=S)(=S)C[C@H](N)C(=O)O. The number of carboxylic acid groups (broad SMARTS) is 1. The standard InChI is InChI=1S/C6H13NO2S3/c1-2-3-12(10,11)4-5(7)6(8)9/h5H,2-4,7H2,1H3,(H,8,9)/t5-/m0/s1. The first-order valence-corrected chi connectivity index (χ1v) is 7.40. The fourth-order valence-electron chi connectivity index (χ4n) is 0.739. The van der Waals surface area contributed by atoms with Crippen molar-refractivity contribution in [2.75, 3.05) is 11.5 Å². The maximum atomic E-state index is 10.4. The van der Waals surface area contributed by atoms with E-state index in [-0.39, 0.29) is 5.75 Å². The van der Waals surface area contributed by atoms with Gasteiger partial charge in [0.2, 0.25) is 0 Å². The molecule has 0 aromatic rings. The Morgan fingerprint density at radius 3 is 2.50 bits per heavy atom. The molecule has 12 heavy (non-hydrogen) atoms. The third-order valence-corrected chi connectivity index (χ3v) is 4.98. The molecular formula is C6H13NO2S3. The summed E-state index contributed by atoms with van der Waals surface area (Å²) >= 11 is 10.2. The van der Waals surface area contributed by atoms with Crippen LogP contribution in [0, 0.1) is 0 Å². The van der Waals surface area contributed by atoms with Gasteiger partial charge in [0.25, 0.3) is 0 Å². The lowest BCUT2D eigenvalue weighted by atomic mass is 10.4. The average Bonchev–Trinajstić information content (AvgIpc) is 1.85. The molecule has 3 N–H and O–H groups in total. The van der Waals surface area contributed by atoms with Gasteiger partial charge in [-0.3, -0.25) is 4.79 Å². The summed E-state index contributed by atoms with van der Waals surface area (Å²) in [6, 6.07) is -0.887. The van der Waals surface area contributed by atoms with E-state index in [2.05, 4.69) is 0 Å². The molecule has 0 aromatic carbocycles. The van der Waals surface area contributed by atoms with Crippen LogP contribution in [-0.2, 0) is 34.3 Å². The van der Waals surface area contributed by atoms with Crippen molar-refractivity contribution >= 4 is 35.5 Å². The number of carboxylic acids is 1. The van der Waals surface area contributed by atoms with Gasteiger partial charge in [0.1, 0.15) is 6.04 Å². The topological polar surface area (TPSA) is 63.3 Å². The highest BCUT2D eigenvalue weighted by Gasteiger charge is 2.15. The van der Waals surface area contributed by atoms with E-state index < -0.39 is 19.2 Å². The molecule has 0 aromatic heterocycles. The van der Waals surface area contributed by atoms with Crippen molar-refractivity contribution in [3.05, 3.63) is 0 Å². The van der Waals surface area contributed by atoms with Crippen molar-refractivity contribution in [1.29, 1.82) is 0 Å². The molecular weight excluding hydrogens is 214 g/mol. The average molecular weight is 227 g/mol. The molecule has 0 aliphatic carbocycles. The van der Waals surface area contributed by atoms with E-state index >= 15 is 0 Å². The van der Waals surface area contributed by atoms with Gasteiger partial charge < -0.3 is 10.8 Å². The highest BCUT2D eigenvalue weighted by molar-refractivity contribution is 8.56. The van der Waals surface area contributed by atoms with Crippen LogP contribution in [0.2, 0.25) is 0 Å². The Labute approximate surface area is 82.1 Å². The van der Waals surface area contributed by atoms with Crippen molar-refractivity contribution < 1.29 is 9.90 Å². The highest BCUT2D eigenvalue weighted by atomic mass is 33.1. The van der Waals surface area contributed by atoms with E-state index in [1.54, 1.807) is 0 Å². The van der Waals surface area contributed by atoms with Gasteiger partial charge in [-0.15, -0.1) is 0 Å². The second-order valence-electron chi connectivity index (χ2n) is 2.56. The fourth-order valence-corrected chi connectivity index (χ4v) is 4.10. The molecule has 0 unspecified atom stereocenters. The number of aliphatic carboxylic acids is 1. The zero-order chi connectivity index (χ0) is 9.78. The first-order chi connectivity index (χ1) is 5.39. The third kappa shape index (κ3) is 4.97. The molecule has 0 saturated heterocycles. The fraction of sp³-hybridized carbons (Fsp3) is 0.833. The lowest BCUT2D eigenvalue weighted by Crippen LogP contribution is -2.37. The Morgan fingerprint density at radius 2 is 2.17 bits per heavy atom. The molecule has 72 valence electrons. The Morgan fingerprint density at radius 1 is 1.67 bits per heavy atom. The van der Waals surface area contributed by atoms with Gasteiger partial charge in [0.05, 0.1) is 0 Å². The van der Waals surface area contributed by atoms with Crippen molar-refractivity contribution in [2.45, 2.75) is 19.4 Å². The zero-order valence-electron chi connectivity index (χ0n) is 6.86.